The molecule has 0 aliphatic heterocycles. The van der Waals surface area contributed by atoms with E-state index in [0.29, 0.717) is 0 Å². The van der Waals surface area contributed by atoms with Crippen LogP contribution in [0.5, 0.6) is 0 Å². The molecule has 1 heterocycles. The van der Waals surface area contributed by atoms with E-state index in [-0.39, 0.29) is 0 Å². The van der Waals surface area contributed by atoms with E-state index in [9.17, 15) is 0 Å². The van der Waals surface area contributed by atoms with Gasteiger partial charge in [0.2, 0.25) is 0 Å². The Bertz CT molecular complexity index is 253. The lowest BCUT2D eigenvalue weighted by molar-refractivity contribution is 0.542. The molecule has 3 heteroatoms. The van der Waals surface area contributed by atoms with Crippen LogP contribution in [0.4, 0.5) is 0 Å². The second kappa shape index (κ2) is 5.00. The van der Waals surface area contributed by atoms with Gasteiger partial charge in [-0.2, -0.15) is 0 Å². The van der Waals surface area contributed by atoms with Crippen LogP contribution < -0.4 is 0 Å². The molecule has 0 saturated carbocycles. The minimum Gasteiger partial charge on any atom is -0.249 e. The zero-order valence-corrected chi connectivity index (χ0v) is 8.88. The largest absolute Gasteiger partial charge is 0.249 e. The van der Waals surface area contributed by atoms with Gasteiger partial charge in [-0.05, 0) is 19.8 Å². The van der Waals surface area contributed by atoms with Crippen molar-refractivity contribution in [3.05, 3.63) is 11.4 Å². The summed E-state index contributed by atoms with van der Waals surface area (Å²) in [6.07, 6.45) is 4.60. The first-order valence-electron chi connectivity index (χ1n) is 5.18. The Labute approximate surface area is 80.1 Å². The average Bonchev–Trinajstić information content (AvgIpc) is 2.46. The van der Waals surface area contributed by atoms with Crippen molar-refractivity contribution in [2.75, 3.05) is 0 Å². The van der Waals surface area contributed by atoms with Gasteiger partial charge in [-0.25, -0.2) is 4.68 Å². The van der Waals surface area contributed by atoms with Crippen molar-refractivity contribution in [1.29, 1.82) is 0 Å². The van der Waals surface area contributed by atoms with Crippen LogP contribution in [-0.4, -0.2) is 15.0 Å². The number of unbranched alkanes of at least 4 members (excludes halogenated alkanes) is 1. The van der Waals surface area contributed by atoms with Crippen LogP contribution in [0.3, 0.4) is 0 Å². The third-order valence-electron chi connectivity index (χ3n) is 2.29. The maximum absolute atomic E-state index is 4.17. The van der Waals surface area contributed by atoms with Crippen LogP contribution in [0, 0.1) is 6.92 Å². The van der Waals surface area contributed by atoms with E-state index < -0.39 is 0 Å². The van der Waals surface area contributed by atoms with E-state index in [1.165, 1.54) is 24.2 Å². The molecule has 0 N–H and O–H groups in total. The Morgan fingerprint density at radius 1 is 1.23 bits per heavy atom. The summed E-state index contributed by atoms with van der Waals surface area (Å²) >= 11 is 0. The Kier molecular flexibility index (Phi) is 3.93. The monoisotopic (exact) mass is 181 g/mol. The second-order valence-electron chi connectivity index (χ2n) is 3.45. The van der Waals surface area contributed by atoms with Gasteiger partial charge in [0.25, 0.3) is 0 Å². The predicted octanol–water partition coefficient (Wildman–Crippen LogP) is 2.34. The van der Waals surface area contributed by atoms with E-state index in [4.69, 9.17) is 0 Å². The molecule has 0 aromatic carbocycles. The topological polar surface area (TPSA) is 30.7 Å². The van der Waals surface area contributed by atoms with Crippen molar-refractivity contribution < 1.29 is 0 Å². The summed E-state index contributed by atoms with van der Waals surface area (Å²) in [5, 5.41) is 8.31. The highest BCUT2D eigenvalue weighted by atomic mass is 15.4. The van der Waals surface area contributed by atoms with Crippen LogP contribution in [0.2, 0.25) is 0 Å². The molecule has 0 radical (unpaired) electrons. The number of hydrogen-bond donors (Lipinski definition) is 0. The van der Waals surface area contributed by atoms with Gasteiger partial charge < -0.3 is 0 Å². The van der Waals surface area contributed by atoms with Gasteiger partial charge >= 0.3 is 0 Å². The molecule has 3 nitrogen and oxygen atoms in total. The second-order valence-corrected chi connectivity index (χ2v) is 3.45. The zero-order chi connectivity index (χ0) is 9.68. The number of aromatic nitrogens is 3. The van der Waals surface area contributed by atoms with E-state index in [1.54, 1.807) is 0 Å². The maximum Gasteiger partial charge on any atom is 0.0856 e. The summed E-state index contributed by atoms with van der Waals surface area (Å²) in [5.41, 5.74) is 2.41. The van der Waals surface area contributed by atoms with Gasteiger partial charge in [-0.3, -0.25) is 0 Å². The normalized spacial score (nSPS) is 10.7. The standard InChI is InChI=1S/C10H19N3/c1-4-6-8-13-9(3)10(7-5-2)11-12-13/h4-8H2,1-3H3. The molecule has 1 rings (SSSR count). The first-order chi connectivity index (χ1) is 6.29. The van der Waals surface area contributed by atoms with Gasteiger partial charge in [0.1, 0.15) is 0 Å². The molecule has 0 atom stereocenters. The first-order valence-corrected chi connectivity index (χ1v) is 5.18. The van der Waals surface area contributed by atoms with E-state index in [1.807, 2.05) is 4.68 Å². The lowest BCUT2D eigenvalue weighted by Crippen LogP contribution is -2.02. The smallest absolute Gasteiger partial charge is 0.0856 e. The average molecular weight is 181 g/mol. The SMILES string of the molecule is CCCCn1nnc(CCC)c1C. The molecule has 1 aromatic rings. The van der Waals surface area contributed by atoms with Crippen LogP contribution in [-0.2, 0) is 13.0 Å². The van der Waals surface area contributed by atoms with E-state index >= 15 is 0 Å². The van der Waals surface area contributed by atoms with Crippen LogP contribution in [0.25, 0.3) is 0 Å². The fourth-order valence-corrected chi connectivity index (χ4v) is 1.38. The van der Waals surface area contributed by atoms with Crippen molar-refractivity contribution in [2.24, 2.45) is 0 Å². The first kappa shape index (κ1) is 10.2. The van der Waals surface area contributed by atoms with Crippen LogP contribution in [0.1, 0.15) is 44.5 Å². The highest BCUT2D eigenvalue weighted by Gasteiger charge is 2.05. The van der Waals surface area contributed by atoms with Gasteiger partial charge in [-0.15, -0.1) is 5.10 Å². The van der Waals surface area contributed by atoms with Gasteiger partial charge in [-0.1, -0.05) is 31.9 Å². The summed E-state index contributed by atoms with van der Waals surface area (Å²) in [6, 6.07) is 0. The summed E-state index contributed by atoms with van der Waals surface area (Å²) in [5.74, 6) is 0. The summed E-state index contributed by atoms with van der Waals surface area (Å²) in [7, 11) is 0. The summed E-state index contributed by atoms with van der Waals surface area (Å²) < 4.78 is 2.02. The molecule has 74 valence electrons. The number of rotatable bonds is 5. The van der Waals surface area contributed by atoms with Crippen molar-refractivity contribution in [3.63, 3.8) is 0 Å². The number of nitrogens with zero attached hydrogens (tertiary/aromatic N) is 3. The van der Waals surface area contributed by atoms with E-state index in [0.717, 1.165) is 19.4 Å². The van der Waals surface area contributed by atoms with E-state index in [2.05, 4.69) is 31.1 Å². The zero-order valence-electron chi connectivity index (χ0n) is 8.88. The number of hydrogen-bond acceptors (Lipinski definition) is 2. The molecule has 0 saturated heterocycles. The fraction of sp³-hybridized carbons (Fsp3) is 0.800. The van der Waals surface area contributed by atoms with Gasteiger partial charge in [0, 0.05) is 6.54 Å². The molecule has 0 spiro atoms. The maximum atomic E-state index is 4.17. The summed E-state index contributed by atoms with van der Waals surface area (Å²) in [4.78, 5) is 0. The van der Waals surface area contributed by atoms with Gasteiger partial charge in [0.05, 0.1) is 11.4 Å². The Hall–Kier alpha value is -0.860. The summed E-state index contributed by atoms with van der Waals surface area (Å²) in [6.45, 7) is 7.49. The molecule has 0 aliphatic rings. The van der Waals surface area contributed by atoms with Crippen molar-refractivity contribution >= 4 is 0 Å². The van der Waals surface area contributed by atoms with Crippen LogP contribution in [0.15, 0.2) is 0 Å². The fourth-order valence-electron chi connectivity index (χ4n) is 1.38. The highest BCUT2D eigenvalue weighted by molar-refractivity contribution is 5.07. The molecule has 13 heavy (non-hydrogen) atoms. The van der Waals surface area contributed by atoms with Crippen molar-refractivity contribution in [1.82, 2.24) is 15.0 Å². The minimum atomic E-state index is 1.01. The Balaban J connectivity index is 2.62. The van der Waals surface area contributed by atoms with Crippen LogP contribution >= 0.6 is 0 Å². The third kappa shape index (κ3) is 2.54. The third-order valence-corrected chi connectivity index (χ3v) is 2.29. The lowest BCUT2D eigenvalue weighted by atomic mass is 10.2. The molecular weight excluding hydrogens is 162 g/mol. The van der Waals surface area contributed by atoms with Gasteiger partial charge in [0.15, 0.2) is 0 Å². The molecule has 1 aromatic heterocycles. The molecule has 0 fully saturated rings. The van der Waals surface area contributed by atoms with Crippen molar-refractivity contribution in [2.45, 2.75) is 53.0 Å². The number of aryl methyl sites for hydroxylation is 2. The molecule has 0 aliphatic carbocycles. The van der Waals surface area contributed by atoms with Crippen molar-refractivity contribution in [3.8, 4) is 0 Å². The molecule has 0 bridgehead atoms. The molecule has 0 amide bonds. The minimum absolute atomic E-state index is 1.01. The predicted molar refractivity (Wildman–Crippen MR) is 53.7 cm³/mol. The Morgan fingerprint density at radius 2 is 2.00 bits per heavy atom. The molecule has 0 unspecified atom stereocenters. The molecular formula is C10H19N3. The highest BCUT2D eigenvalue weighted by Crippen LogP contribution is 2.07. The Morgan fingerprint density at radius 3 is 2.62 bits per heavy atom. The quantitative estimate of drug-likeness (QED) is 0.698. The lowest BCUT2D eigenvalue weighted by Gasteiger charge is -2.01.